The third kappa shape index (κ3) is 2.25. The van der Waals surface area contributed by atoms with E-state index in [1.165, 1.54) is 11.3 Å². The number of nitrogens with one attached hydrogen (secondary N) is 1. The van der Waals surface area contributed by atoms with Gasteiger partial charge in [0.15, 0.2) is 15.8 Å². The minimum absolute atomic E-state index is 0.0730. The molecule has 0 bridgehead atoms. The molecule has 1 aliphatic rings. The monoisotopic (exact) mass is 328 g/mol. The largest absolute Gasteiger partial charge is 0.371 e. The maximum Gasteiger partial charge on any atom is 0.263 e. The molecule has 0 aliphatic carbocycles. The fourth-order valence-corrected chi connectivity index (χ4v) is 5.87. The Hall–Kier alpha value is -1.12. The summed E-state index contributed by atoms with van der Waals surface area (Å²) in [5.74, 6) is 0.738. The summed E-state index contributed by atoms with van der Waals surface area (Å²) in [5, 5.41) is 5.02. The summed E-state index contributed by atoms with van der Waals surface area (Å²) in [6.45, 7) is 4.74. The number of anilines is 1. The number of fused-ring (bicyclic) bond motifs is 1. The standard InChI is InChI=1S/C13H20N4O2S2/c1-9(2)10-5-4-6-17(10)21(18,19)12-11(14-3)15-13-16(12)7-8-20-13/h7-10,14H,4-6H2,1-3H3. The van der Waals surface area contributed by atoms with E-state index < -0.39 is 10.0 Å². The molecule has 21 heavy (non-hydrogen) atoms. The molecule has 2 aromatic rings. The van der Waals surface area contributed by atoms with E-state index in [1.54, 1.807) is 22.0 Å². The van der Waals surface area contributed by atoms with E-state index in [0.29, 0.717) is 23.2 Å². The molecule has 8 heteroatoms. The number of aromatic nitrogens is 2. The summed E-state index contributed by atoms with van der Waals surface area (Å²) in [5.41, 5.74) is 0. The van der Waals surface area contributed by atoms with Crippen molar-refractivity contribution in [3.63, 3.8) is 0 Å². The van der Waals surface area contributed by atoms with Crippen LogP contribution in [-0.2, 0) is 10.0 Å². The summed E-state index contributed by atoms with van der Waals surface area (Å²) < 4.78 is 29.6. The van der Waals surface area contributed by atoms with Crippen molar-refractivity contribution in [2.75, 3.05) is 18.9 Å². The van der Waals surface area contributed by atoms with Crippen LogP contribution in [0.4, 0.5) is 5.82 Å². The zero-order valence-corrected chi connectivity index (χ0v) is 14.0. The quantitative estimate of drug-likeness (QED) is 0.935. The van der Waals surface area contributed by atoms with Crippen LogP contribution in [0.3, 0.4) is 0 Å². The highest BCUT2D eigenvalue weighted by atomic mass is 32.2. The molecule has 0 saturated carbocycles. The van der Waals surface area contributed by atoms with Crippen molar-refractivity contribution in [1.29, 1.82) is 0 Å². The Bertz CT molecular complexity index is 747. The molecule has 1 aliphatic heterocycles. The number of hydrogen-bond acceptors (Lipinski definition) is 5. The number of rotatable bonds is 4. The van der Waals surface area contributed by atoms with E-state index in [-0.39, 0.29) is 11.1 Å². The van der Waals surface area contributed by atoms with Crippen LogP contribution < -0.4 is 5.32 Å². The smallest absolute Gasteiger partial charge is 0.263 e. The van der Waals surface area contributed by atoms with Crippen LogP contribution in [0.15, 0.2) is 16.6 Å². The van der Waals surface area contributed by atoms with Crippen LogP contribution in [0.5, 0.6) is 0 Å². The molecule has 0 amide bonds. The highest BCUT2D eigenvalue weighted by molar-refractivity contribution is 7.89. The third-order valence-electron chi connectivity index (χ3n) is 4.03. The summed E-state index contributed by atoms with van der Waals surface area (Å²) >= 11 is 1.43. The highest BCUT2D eigenvalue weighted by Gasteiger charge is 2.40. The van der Waals surface area contributed by atoms with E-state index >= 15 is 0 Å². The number of hydrogen-bond donors (Lipinski definition) is 1. The first-order valence-corrected chi connectivity index (χ1v) is 9.44. The molecule has 0 spiro atoms. The van der Waals surface area contributed by atoms with Gasteiger partial charge in [-0.2, -0.15) is 4.31 Å². The Morgan fingerprint density at radius 1 is 1.48 bits per heavy atom. The molecule has 116 valence electrons. The molecule has 0 aromatic carbocycles. The van der Waals surface area contributed by atoms with Crippen LogP contribution >= 0.6 is 11.3 Å². The van der Waals surface area contributed by atoms with Gasteiger partial charge >= 0.3 is 0 Å². The third-order valence-corrected chi connectivity index (χ3v) is 6.73. The van der Waals surface area contributed by atoms with Gasteiger partial charge < -0.3 is 5.32 Å². The van der Waals surface area contributed by atoms with E-state index in [4.69, 9.17) is 0 Å². The number of thiazole rings is 1. The lowest BCUT2D eigenvalue weighted by molar-refractivity contribution is 0.315. The van der Waals surface area contributed by atoms with Gasteiger partial charge in [0.1, 0.15) is 0 Å². The second kappa shape index (κ2) is 5.26. The van der Waals surface area contributed by atoms with Crippen LogP contribution in [-0.4, -0.2) is 41.7 Å². The highest BCUT2D eigenvalue weighted by Crippen LogP contribution is 2.34. The molecular formula is C13H20N4O2S2. The maximum atomic E-state index is 13.1. The first-order valence-electron chi connectivity index (χ1n) is 7.12. The Morgan fingerprint density at radius 2 is 2.24 bits per heavy atom. The average Bonchev–Trinajstić information content (AvgIpc) is 3.12. The predicted molar refractivity (Wildman–Crippen MR) is 84.4 cm³/mol. The van der Waals surface area contributed by atoms with Gasteiger partial charge in [0.2, 0.25) is 0 Å². The summed E-state index contributed by atoms with van der Waals surface area (Å²) in [6.07, 6.45) is 3.61. The minimum Gasteiger partial charge on any atom is -0.371 e. The molecule has 1 fully saturated rings. The molecule has 2 aromatic heterocycles. The van der Waals surface area contributed by atoms with Crippen molar-refractivity contribution in [3.05, 3.63) is 11.6 Å². The van der Waals surface area contributed by atoms with Crippen LogP contribution in [0.25, 0.3) is 4.96 Å². The van der Waals surface area contributed by atoms with Gasteiger partial charge in [-0.25, -0.2) is 13.4 Å². The molecule has 1 N–H and O–H groups in total. The minimum atomic E-state index is -3.55. The second-order valence-electron chi connectivity index (χ2n) is 5.64. The van der Waals surface area contributed by atoms with Crippen molar-refractivity contribution in [3.8, 4) is 0 Å². The van der Waals surface area contributed by atoms with Crippen LogP contribution in [0.2, 0.25) is 0 Å². The summed E-state index contributed by atoms with van der Waals surface area (Å²) in [4.78, 5) is 5.06. The number of imidazole rings is 1. The summed E-state index contributed by atoms with van der Waals surface area (Å²) in [6, 6.07) is 0.0730. The first kappa shape index (κ1) is 14.8. The first-order chi connectivity index (χ1) is 9.96. The van der Waals surface area contributed by atoms with E-state index in [9.17, 15) is 8.42 Å². The Balaban J connectivity index is 2.14. The van der Waals surface area contributed by atoms with Crippen LogP contribution in [0.1, 0.15) is 26.7 Å². The summed E-state index contributed by atoms with van der Waals surface area (Å²) in [7, 11) is -1.85. The molecule has 1 unspecified atom stereocenters. The second-order valence-corrected chi connectivity index (χ2v) is 8.32. The van der Waals surface area contributed by atoms with Crippen LogP contribution in [0, 0.1) is 5.92 Å². The molecule has 3 heterocycles. The number of sulfonamides is 1. The van der Waals surface area contributed by atoms with Crippen molar-refractivity contribution in [1.82, 2.24) is 13.7 Å². The predicted octanol–water partition coefficient (Wildman–Crippen LogP) is 2.25. The SMILES string of the molecule is CNc1nc2sccn2c1S(=O)(=O)N1CCCC1C(C)C. The molecule has 1 atom stereocenters. The topological polar surface area (TPSA) is 66.7 Å². The van der Waals surface area contributed by atoms with Crippen molar-refractivity contribution in [2.45, 2.75) is 37.8 Å². The Kier molecular flexibility index (Phi) is 3.71. The van der Waals surface area contributed by atoms with E-state index in [0.717, 1.165) is 12.8 Å². The maximum absolute atomic E-state index is 13.1. The Morgan fingerprint density at radius 3 is 2.90 bits per heavy atom. The zero-order valence-electron chi connectivity index (χ0n) is 12.4. The van der Waals surface area contributed by atoms with Gasteiger partial charge in [-0.3, -0.25) is 4.40 Å². The fraction of sp³-hybridized carbons (Fsp3) is 0.615. The van der Waals surface area contributed by atoms with Crippen molar-refractivity contribution >= 4 is 32.1 Å². The molecule has 3 rings (SSSR count). The van der Waals surface area contributed by atoms with Crippen molar-refractivity contribution in [2.24, 2.45) is 5.92 Å². The Labute approximate surface area is 128 Å². The molecular weight excluding hydrogens is 308 g/mol. The number of nitrogens with zero attached hydrogens (tertiary/aromatic N) is 3. The fourth-order valence-electron chi connectivity index (χ4n) is 3.02. The van der Waals surface area contributed by atoms with Gasteiger partial charge in [0.05, 0.1) is 0 Å². The molecule has 0 radical (unpaired) electrons. The lowest BCUT2D eigenvalue weighted by Crippen LogP contribution is -2.39. The lowest BCUT2D eigenvalue weighted by Gasteiger charge is -2.26. The van der Waals surface area contributed by atoms with E-state index in [2.05, 4.69) is 24.1 Å². The van der Waals surface area contributed by atoms with Gasteiger partial charge in [-0.05, 0) is 18.8 Å². The lowest BCUT2D eigenvalue weighted by atomic mass is 10.0. The normalized spacial score (nSPS) is 20.7. The average molecular weight is 328 g/mol. The van der Waals surface area contributed by atoms with E-state index in [1.807, 2.05) is 5.38 Å². The molecule has 6 nitrogen and oxygen atoms in total. The van der Waals surface area contributed by atoms with Gasteiger partial charge in [0, 0.05) is 31.2 Å². The van der Waals surface area contributed by atoms with Gasteiger partial charge in [-0.15, -0.1) is 11.3 Å². The zero-order chi connectivity index (χ0) is 15.2. The van der Waals surface area contributed by atoms with Crippen molar-refractivity contribution < 1.29 is 8.42 Å². The van der Waals surface area contributed by atoms with Gasteiger partial charge in [0.25, 0.3) is 10.0 Å². The van der Waals surface area contributed by atoms with Gasteiger partial charge in [-0.1, -0.05) is 13.8 Å². The molecule has 1 saturated heterocycles.